The molecule has 0 amide bonds. The van der Waals surface area contributed by atoms with Crippen LogP contribution in [0.5, 0.6) is 0 Å². The van der Waals surface area contributed by atoms with Gasteiger partial charge in [0.1, 0.15) is 0 Å². The summed E-state index contributed by atoms with van der Waals surface area (Å²) < 4.78 is 0. The predicted molar refractivity (Wildman–Crippen MR) is 99.0 cm³/mol. The lowest BCUT2D eigenvalue weighted by Gasteiger charge is -2.48. The van der Waals surface area contributed by atoms with Crippen LogP contribution in [0, 0.1) is 0 Å². The molecule has 0 bridgehead atoms. The van der Waals surface area contributed by atoms with Gasteiger partial charge in [-0.25, -0.2) is 0 Å². The molecule has 0 spiro atoms. The fraction of sp³-hybridized carbons (Fsp3) is 0.941. The molecule has 22 heavy (non-hydrogen) atoms. The molecule has 0 aromatic carbocycles. The molecule has 2 fully saturated rings. The molecule has 1 heterocycles. The van der Waals surface area contributed by atoms with Gasteiger partial charge in [0.05, 0.1) is 0 Å². The normalized spacial score (nSPS) is 24.8. The highest BCUT2D eigenvalue weighted by Gasteiger charge is 2.38. The summed E-state index contributed by atoms with van der Waals surface area (Å²) in [5.74, 6) is 3.55. The standard InChI is InChI=1S/C17H34N4S/c1-4-15(2)20-16(18-3)19-14-17(8-6-5-7-9-17)21-10-12-22-13-11-21/h15H,4-14H2,1-3H3,(H2,18,19,20). The van der Waals surface area contributed by atoms with E-state index >= 15 is 0 Å². The first-order valence-electron chi connectivity index (χ1n) is 9.00. The predicted octanol–water partition coefficient (Wildman–Crippen LogP) is 2.70. The van der Waals surface area contributed by atoms with Gasteiger partial charge in [-0.3, -0.25) is 9.89 Å². The largest absolute Gasteiger partial charge is 0.355 e. The molecule has 1 aliphatic heterocycles. The Labute approximate surface area is 140 Å². The highest BCUT2D eigenvalue weighted by molar-refractivity contribution is 7.99. The Hall–Kier alpha value is -0.420. The SMILES string of the molecule is CCC(C)NC(=NC)NCC1(N2CCSCC2)CCCCC1. The van der Waals surface area contributed by atoms with Gasteiger partial charge in [0, 0.05) is 49.8 Å². The van der Waals surface area contributed by atoms with E-state index in [9.17, 15) is 0 Å². The summed E-state index contributed by atoms with van der Waals surface area (Å²) >= 11 is 2.10. The van der Waals surface area contributed by atoms with Crippen molar-refractivity contribution in [1.29, 1.82) is 0 Å². The minimum atomic E-state index is 0.353. The molecule has 0 aromatic heterocycles. The number of hydrogen-bond acceptors (Lipinski definition) is 3. The van der Waals surface area contributed by atoms with Crippen molar-refractivity contribution in [1.82, 2.24) is 15.5 Å². The molecule has 2 N–H and O–H groups in total. The van der Waals surface area contributed by atoms with Crippen molar-refractivity contribution in [2.45, 2.75) is 64.0 Å². The van der Waals surface area contributed by atoms with E-state index in [0.29, 0.717) is 11.6 Å². The Morgan fingerprint density at radius 2 is 1.91 bits per heavy atom. The van der Waals surface area contributed by atoms with Gasteiger partial charge in [0.15, 0.2) is 5.96 Å². The summed E-state index contributed by atoms with van der Waals surface area (Å²) in [4.78, 5) is 7.18. The average molecular weight is 327 g/mol. The van der Waals surface area contributed by atoms with Crippen molar-refractivity contribution in [3.05, 3.63) is 0 Å². The number of thioether (sulfide) groups is 1. The highest BCUT2D eigenvalue weighted by Crippen LogP contribution is 2.34. The van der Waals surface area contributed by atoms with Crippen molar-refractivity contribution >= 4 is 17.7 Å². The quantitative estimate of drug-likeness (QED) is 0.602. The number of nitrogens with zero attached hydrogens (tertiary/aromatic N) is 2. The van der Waals surface area contributed by atoms with Gasteiger partial charge in [0.25, 0.3) is 0 Å². The first-order chi connectivity index (χ1) is 10.7. The van der Waals surface area contributed by atoms with Crippen LogP contribution in [0.4, 0.5) is 0 Å². The fourth-order valence-electron chi connectivity index (χ4n) is 3.63. The molecule has 2 rings (SSSR count). The van der Waals surface area contributed by atoms with Crippen LogP contribution >= 0.6 is 11.8 Å². The van der Waals surface area contributed by atoms with Crippen LogP contribution in [-0.2, 0) is 0 Å². The van der Waals surface area contributed by atoms with Crippen LogP contribution in [0.25, 0.3) is 0 Å². The molecule has 4 nitrogen and oxygen atoms in total. The molecular formula is C17H34N4S. The molecular weight excluding hydrogens is 292 g/mol. The Morgan fingerprint density at radius 3 is 2.50 bits per heavy atom. The van der Waals surface area contributed by atoms with Gasteiger partial charge < -0.3 is 10.6 Å². The Morgan fingerprint density at radius 1 is 1.23 bits per heavy atom. The second-order valence-corrected chi connectivity index (χ2v) is 7.99. The summed E-state index contributed by atoms with van der Waals surface area (Å²) in [5, 5.41) is 7.13. The second-order valence-electron chi connectivity index (χ2n) is 6.76. The van der Waals surface area contributed by atoms with E-state index < -0.39 is 0 Å². The third-order valence-corrected chi connectivity index (χ3v) is 6.21. The van der Waals surface area contributed by atoms with Crippen LogP contribution in [0.1, 0.15) is 52.4 Å². The zero-order valence-electron chi connectivity index (χ0n) is 14.7. The molecule has 0 radical (unpaired) electrons. The lowest BCUT2D eigenvalue weighted by molar-refractivity contribution is 0.0625. The topological polar surface area (TPSA) is 39.7 Å². The molecule has 1 unspecified atom stereocenters. The fourth-order valence-corrected chi connectivity index (χ4v) is 4.53. The Bertz CT molecular complexity index is 347. The third kappa shape index (κ3) is 4.79. The van der Waals surface area contributed by atoms with E-state index in [4.69, 9.17) is 0 Å². The lowest BCUT2D eigenvalue weighted by atomic mass is 9.80. The maximum atomic E-state index is 4.41. The van der Waals surface area contributed by atoms with Gasteiger partial charge in [-0.15, -0.1) is 0 Å². The Kier molecular flexibility index (Phi) is 7.35. The summed E-state index contributed by atoms with van der Waals surface area (Å²) in [6, 6.07) is 0.472. The number of guanidine groups is 1. The van der Waals surface area contributed by atoms with Crippen LogP contribution in [-0.4, -0.2) is 60.6 Å². The van der Waals surface area contributed by atoms with Crippen LogP contribution < -0.4 is 10.6 Å². The van der Waals surface area contributed by atoms with E-state index in [2.05, 4.69) is 46.1 Å². The summed E-state index contributed by atoms with van der Waals surface area (Å²) in [6.45, 7) is 7.96. The number of rotatable bonds is 5. The molecule has 1 saturated carbocycles. The summed E-state index contributed by atoms with van der Waals surface area (Å²) in [6.07, 6.45) is 7.96. The zero-order chi connectivity index (χ0) is 15.8. The van der Waals surface area contributed by atoms with Crippen molar-refractivity contribution in [3.8, 4) is 0 Å². The van der Waals surface area contributed by atoms with Crippen molar-refractivity contribution < 1.29 is 0 Å². The van der Waals surface area contributed by atoms with Crippen molar-refractivity contribution in [3.63, 3.8) is 0 Å². The van der Waals surface area contributed by atoms with Gasteiger partial charge >= 0.3 is 0 Å². The summed E-state index contributed by atoms with van der Waals surface area (Å²) in [7, 11) is 1.88. The van der Waals surface area contributed by atoms with Gasteiger partial charge in [-0.2, -0.15) is 11.8 Å². The monoisotopic (exact) mass is 326 g/mol. The van der Waals surface area contributed by atoms with E-state index in [1.165, 1.54) is 56.7 Å². The van der Waals surface area contributed by atoms with E-state index in [-0.39, 0.29) is 0 Å². The maximum Gasteiger partial charge on any atom is 0.191 e. The van der Waals surface area contributed by atoms with Crippen LogP contribution in [0.15, 0.2) is 4.99 Å². The molecule has 0 aromatic rings. The minimum absolute atomic E-state index is 0.353. The molecule has 2 aliphatic rings. The summed E-state index contributed by atoms with van der Waals surface area (Å²) in [5.41, 5.74) is 0.353. The minimum Gasteiger partial charge on any atom is -0.355 e. The first-order valence-corrected chi connectivity index (χ1v) is 10.2. The number of nitrogens with one attached hydrogen (secondary N) is 2. The third-order valence-electron chi connectivity index (χ3n) is 5.27. The zero-order valence-corrected chi connectivity index (χ0v) is 15.5. The van der Waals surface area contributed by atoms with Gasteiger partial charge in [-0.05, 0) is 26.2 Å². The van der Waals surface area contributed by atoms with Crippen LogP contribution in [0.3, 0.4) is 0 Å². The smallest absolute Gasteiger partial charge is 0.191 e. The lowest BCUT2D eigenvalue weighted by Crippen LogP contribution is -2.60. The van der Waals surface area contributed by atoms with E-state index in [0.717, 1.165) is 18.9 Å². The van der Waals surface area contributed by atoms with Gasteiger partial charge in [0.2, 0.25) is 0 Å². The number of aliphatic imine (C=N–C) groups is 1. The van der Waals surface area contributed by atoms with Crippen LogP contribution in [0.2, 0.25) is 0 Å². The van der Waals surface area contributed by atoms with E-state index in [1.807, 2.05) is 7.05 Å². The highest BCUT2D eigenvalue weighted by atomic mass is 32.2. The number of hydrogen-bond donors (Lipinski definition) is 2. The molecule has 5 heteroatoms. The molecule has 1 aliphatic carbocycles. The second kappa shape index (κ2) is 9.02. The average Bonchev–Trinajstić information content (AvgIpc) is 2.60. The van der Waals surface area contributed by atoms with Gasteiger partial charge in [-0.1, -0.05) is 26.2 Å². The first kappa shape index (κ1) is 17.9. The van der Waals surface area contributed by atoms with Crippen molar-refractivity contribution in [2.24, 2.45) is 4.99 Å². The maximum absolute atomic E-state index is 4.41. The molecule has 1 atom stereocenters. The van der Waals surface area contributed by atoms with Crippen molar-refractivity contribution in [2.75, 3.05) is 38.2 Å². The van der Waals surface area contributed by atoms with E-state index in [1.54, 1.807) is 0 Å². The molecule has 128 valence electrons. The Balaban J connectivity index is 1.97. The molecule has 1 saturated heterocycles.